The lowest BCUT2D eigenvalue weighted by Crippen LogP contribution is -2.41. The van der Waals surface area contributed by atoms with E-state index in [2.05, 4.69) is 33.2 Å². The second-order valence-corrected chi connectivity index (χ2v) is 5.79. The minimum atomic E-state index is -0.0329. The van der Waals surface area contributed by atoms with Crippen molar-refractivity contribution >= 4 is 27.7 Å². The van der Waals surface area contributed by atoms with E-state index in [0.29, 0.717) is 24.5 Å². The van der Waals surface area contributed by atoms with Gasteiger partial charge in [0, 0.05) is 30.9 Å². The first kappa shape index (κ1) is 17.9. The average Bonchev–Trinajstić information content (AvgIpc) is 2.46. The van der Waals surface area contributed by atoms with Gasteiger partial charge in [0.2, 0.25) is 0 Å². The Morgan fingerprint density at radius 2 is 2.24 bits per heavy atom. The second-order valence-electron chi connectivity index (χ2n) is 4.87. The number of halogens is 1. The summed E-state index contributed by atoms with van der Waals surface area (Å²) in [4.78, 5) is 18.9. The number of amides is 1. The molecule has 0 fully saturated rings. The van der Waals surface area contributed by atoms with Crippen LogP contribution in [0.15, 0.2) is 16.7 Å². The Morgan fingerprint density at radius 3 is 2.81 bits per heavy atom. The minimum absolute atomic E-state index is 0.0190. The molecule has 0 saturated heterocycles. The Bertz CT molecular complexity index is 468. The van der Waals surface area contributed by atoms with Crippen LogP contribution in [0.25, 0.3) is 0 Å². The summed E-state index contributed by atoms with van der Waals surface area (Å²) in [6.45, 7) is 7.95. The monoisotopic (exact) mass is 357 g/mol. The van der Waals surface area contributed by atoms with Gasteiger partial charge in [0.15, 0.2) is 0 Å². The molecule has 0 saturated carbocycles. The van der Waals surface area contributed by atoms with Crippen LogP contribution in [0.4, 0.5) is 5.82 Å². The molecule has 1 aromatic heterocycles. The molecule has 21 heavy (non-hydrogen) atoms. The summed E-state index contributed by atoms with van der Waals surface area (Å²) < 4.78 is 5.95. The number of aromatic nitrogens is 1. The van der Waals surface area contributed by atoms with Crippen LogP contribution in [0.5, 0.6) is 0 Å². The van der Waals surface area contributed by atoms with E-state index in [0.717, 1.165) is 17.4 Å². The van der Waals surface area contributed by atoms with Crippen molar-refractivity contribution in [1.82, 2.24) is 9.88 Å². The van der Waals surface area contributed by atoms with Crippen molar-refractivity contribution in [2.75, 3.05) is 32.1 Å². The zero-order chi connectivity index (χ0) is 15.8. The van der Waals surface area contributed by atoms with Gasteiger partial charge in [-0.15, -0.1) is 0 Å². The van der Waals surface area contributed by atoms with Gasteiger partial charge < -0.3 is 15.0 Å². The molecule has 0 aliphatic carbocycles. The highest BCUT2D eigenvalue weighted by atomic mass is 79.9. The molecule has 1 aromatic rings. The number of hydrogen-bond donors (Lipinski definition) is 1. The molecule has 1 unspecified atom stereocenters. The van der Waals surface area contributed by atoms with E-state index in [9.17, 15) is 4.79 Å². The summed E-state index contributed by atoms with van der Waals surface area (Å²) in [7, 11) is 1.64. The van der Waals surface area contributed by atoms with Gasteiger partial charge in [-0.25, -0.2) is 4.98 Å². The number of rotatable bonds is 8. The van der Waals surface area contributed by atoms with Crippen molar-refractivity contribution in [3.63, 3.8) is 0 Å². The highest BCUT2D eigenvalue weighted by molar-refractivity contribution is 9.10. The van der Waals surface area contributed by atoms with Gasteiger partial charge in [-0.3, -0.25) is 4.79 Å². The first-order chi connectivity index (χ1) is 10.0. The first-order valence-electron chi connectivity index (χ1n) is 7.24. The van der Waals surface area contributed by atoms with E-state index in [1.54, 1.807) is 18.2 Å². The Hall–Kier alpha value is -1.14. The molecule has 1 rings (SSSR count). The summed E-state index contributed by atoms with van der Waals surface area (Å²) >= 11 is 3.39. The van der Waals surface area contributed by atoms with Gasteiger partial charge in [-0.2, -0.15) is 0 Å². The Morgan fingerprint density at radius 1 is 1.52 bits per heavy atom. The maximum atomic E-state index is 12.8. The molecule has 0 spiro atoms. The van der Waals surface area contributed by atoms with E-state index >= 15 is 0 Å². The fourth-order valence-corrected chi connectivity index (χ4v) is 2.46. The van der Waals surface area contributed by atoms with Crippen molar-refractivity contribution in [2.24, 2.45) is 0 Å². The van der Waals surface area contributed by atoms with Crippen LogP contribution in [0.2, 0.25) is 0 Å². The molecule has 0 radical (unpaired) electrons. The van der Waals surface area contributed by atoms with Crippen LogP contribution in [0.3, 0.4) is 0 Å². The van der Waals surface area contributed by atoms with Crippen LogP contribution in [0, 0.1) is 0 Å². The van der Waals surface area contributed by atoms with Gasteiger partial charge in [-0.05, 0) is 42.3 Å². The van der Waals surface area contributed by atoms with E-state index in [4.69, 9.17) is 4.74 Å². The number of anilines is 1. The fourth-order valence-electron chi connectivity index (χ4n) is 2.13. The van der Waals surface area contributed by atoms with Gasteiger partial charge in [-0.1, -0.05) is 6.92 Å². The molecule has 0 bridgehead atoms. The highest BCUT2D eigenvalue weighted by Crippen LogP contribution is 2.21. The molecule has 0 aromatic carbocycles. The molecule has 6 heteroatoms. The summed E-state index contributed by atoms with van der Waals surface area (Å²) in [5.74, 6) is 0.600. The Balaban J connectivity index is 3.05. The molecule has 1 heterocycles. The number of nitrogens with zero attached hydrogens (tertiary/aromatic N) is 2. The number of likely N-dealkylation sites (N-methyl/N-ethyl adjacent to an activating group) is 1. The number of ether oxygens (including phenoxy) is 1. The first-order valence-corrected chi connectivity index (χ1v) is 8.03. The van der Waals surface area contributed by atoms with Crippen LogP contribution < -0.4 is 5.32 Å². The van der Waals surface area contributed by atoms with E-state index < -0.39 is 0 Å². The summed E-state index contributed by atoms with van der Waals surface area (Å²) in [6, 6.07) is 1.83. The number of hydrogen-bond acceptors (Lipinski definition) is 4. The summed E-state index contributed by atoms with van der Waals surface area (Å²) in [6.07, 6.45) is 2.67. The molecular weight excluding hydrogens is 334 g/mol. The number of carbonyl (C=O) groups excluding carboxylic acids is 1. The van der Waals surface area contributed by atoms with E-state index in [1.165, 1.54) is 0 Å². The molecule has 1 N–H and O–H groups in total. The normalized spacial score (nSPS) is 12.0. The number of nitrogens with one attached hydrogen (secondary N) is 1. The van der Waals surface area contributed by atoms with Crippen molar-refractivity contribution in [1.29, 1.82) is 0 Å². The van der Waals surface area contributed by atoms with Gasteiger partial charge in [0.05, 0.1) is 18.2 Å². The van der Waals surface area contributed by atoms with Gasteiger partial charge in [0.1, 0.15) is 5.82 Å². The van der Waals surface area contributed by atoms with Crippen LogP contribution in [0.1, 0.15) is 37.6 Å². The highest BCUT2D eigenvalue weighted by Gasteiger charge is 2.23. The maximum Gasteiger partial charge on any atom is 0.257 e. The van der Waals surface area contributed by atoms with Crippen molar-refractivity contribution in [3.8, 4) is 0 Å². The molecule has 1 atom stereocenters. The van der Waals surface area contributed by atoms with Gasteiger partial charge >= 0.3 is 0 Å². The SMILES string of the molecule is CCCNc1ncc(Br)cc1C(=O)N(CC)C(C)COC. The maximum absolute atomic E-state index is 12.8. The molecule has 118 valence electrons. The predicted molar refractivity (Wildman–Crippen MR) is 88.8 cm³/mol. The van der Waals surface area contributed by atoms with Crippen LogP contribution in [-0.4, -0.2) is 48.6 Å². The molecule has 5 nitrogen and oxygen atoms in total. The fraction of sp³-hybridized carbons (Fsp3) is 0.600. The van der Waals surface area contributed by atoms with Crippen molar-refractivity contribution in [3.05, 3.63) is 22.3 Å². The van der Waals surface area contributed by atoms with Crippen LogP contribution >= 0.6 is 15.9 Å². The van der Waals surface area contributed by atoms with Crippen molar-refractivity contribution < 1.29 is 9.53 Å². The standard InChI is InChI=1S/C15H24BrN3O2/c1-5-7-17-14-13(8-12(16)9-18-14)15(20)19(6-2)11(3)10-21-4/h8-9,11H,5-7,10H2,1-4H3,(H,17,18). The lowest BCUT2D eigenvalue weighted by atomic mass is 10.2. The third-order valence-electron chi connectivity index (χ3n) is 3.17. The van der Waals surface area contributed by atoms with Gasteiger partial charge in [0.25, 0.3) is 5.91 Å². The molecule has 0 aliphatic rings. The quantitative estimate of drug-likeness (QED) is 0.776. The minimum Gasteiger partial charge on any atom is -0.383 e. The Labute approximate surface area is 135 Å². The van der Waals surface area contributed by atoms with E-state index in [1.807, 2.05) is 19.9 Å². The zero-order valence-corrected chi connectivity index (χ0v) is 14.7. The molecule has 1 amide bonds. The molecule has 0 aliphatic heterocycles. The molecular formula is C15H24BrN3O2. The average molecular weight is 358 g/mol. The number of pyridine rings is 1. The smallest absolute Gasteiger partial charge is 0.257 e. The Kier molecular flexibility index (Phi) is 7.67. The predicted octanol–water partition coefficient (Wildman–Crippen LogP) is 3.16. The number of carbonyl (C=O) groups is 1. The van der Waals surface area contributed by atoms with E-state index in [-0.39, 0.29) is 11.9 Å². The lowest BCUT2D eigenvalue weighted by molar-refractivity contribution is 0.0579. The third kappa shape index (κ3) is 4.97. The topological polar surface area (TPSA) is 54.5 Å². The van der Waals surface area contributed by atoms with Crippen molar-refractivity contribution in [2.45, 2.75) is 33.2 Å². The number of methoxy groups -OCH3 is 1. The zero-order valence-electron chi connectivity index (χ0n) is 13.1. The second kappa shape index (κ2) is 9.00. The third-order valence-corrected chi connectivity index (χ3v) is 3.60. The lowest BCUT2D eigenvalue weighted by Gasteiger charge is -2.28. The summed E-state index contributed by atoms with van der Waals surface area (Å²) in [5, 5.41) is 3.21. The van der Waals surface area contributed by atoms with Crippen LogP contribution in [-0.2, 0) is 4.74 Å². The largest absolute Gasteiger partial charge is 0.383 e. The summed E-state index contributed by atoms with van der Waals surface area (Å²) in [5.41, 5.74) is 0.586.